The first kappa shape index (κ1) is 23.6. The van der Waals surface area contributed by atoms with E-state index in [2.05, 4.69) is 0 Å². The molecule has 0 saturated carbocycles. The van der Waals surface area contributed by atoms with E-state index in [4.69, 9.17) is 5.21 Å². The Labute approximate surface area is 178 Å². The molecule has 0 unspecified atom stereocenters. The lowest BCUT2D eigenvalue weighted by Crippen LogP contribution is -2.32. The molecule has 1 heterocycles. The van der Waals surface area contributed by atoms with Crippen LogP contribution in [0.25, 0.3) is 0 Å². The van der Waals surface area contributed by atoms with E-state index in [1.165, 1.54) is 16.4 Å². The maximum atomic E-state index is 13.1. The van der Waals surface area contributed by atoms with Gasteiger partial charge in [0, 0.05) is 18.7 Å². The molecule has 32 heavy (non-hydrogen) atoms. The molecule has 0 atom stereocenters. The van der Waals surface area contributed by atoms with Crippen LogP contribution in [0.2, 0.25) is 0 Å². The SMILES string of the molecule is O=C(NO)c1ccc2c(c1)CCCN(C(=O)Cc1cc(C(F)(F)F)cc(C(F)(F)F)c1)C2. The van der Waals surface area contributed by atoms with Crippen LogP contribution in [0.1, 0.15) is 44.6 Å². The zero-order valence-electron chi connectivity index (χ0n) is 16.5. The first-order valence-corrected chi connectivity index (χ1v) is 9.51. The maximum absolute atomic E-state index is 13.1. The fraction of sp³-hybridized carbons (Fsp3) is 0.333. The molecule has 2 aromatic carbocycles. The molecule has 0 spiro atoms. The molecule has 0 fully saturated rings. The molecule has 2 aromatic rings. The Morgan fingerprint density at radius 1 is 0.938 bits per heavy atom. The second kappa shape index (κ2) is 8.81. The normalized spacial score (nSPS) is 14.5. The third-order valence-corrected chi connectivity index (χ3v) is 5.16. The third-order valence-electron chi connectivity index (χ3n) is 5.16. The zero-order chi connectivity index (χ0) is 23.7. The quantitative estimate of drug-likeness (QED) is 0.406. The van der Waals surface area contributed by atoms with E-state index < -0.39 is 41.7 Å². The van der Waals surface area contributed by atoms with Crippen molar-refractivity contribution in [2.75, 3.05) is 6.54 Å². The second-order valence-electron chi connectivity index (χ2n) is 7.43. The largest absolute Gasteiger partial charge is 0.416 e. The average Bonchev–Trinajstić information content (AvgIpc) is 2.93. The minimum Gasteiger partial charge on any atom is -0.338 e. The summed E-state index contributed by atoms with van der Waals surface area (Å²) in [5.74, 6) is -1.31. The highest BCUT2D eigenvalue weighted by atomic mass is 19.4. The van der Waals surface area contributed by atoms with Gasteiger partial charge in [-0.1, -0.05) is 6.07 Å². The Kier molecular flexibility index (Phi) is 6.49. The van der Waals surface area contributed by atoms with Crippen LogP contribution in [0.5, 0.6) is 0 Å². The van der Waals surface area contributed by atoms with Crippen molar-refractivity contribution in [3.8, 4) is 0 Å². The lowest BCUT2D eigenvalue weighted by Gasteiger charge is -2.22. The summed E-state index contributed by atoms with van der Waals surface area (Å²) in [5.41, 5.74) is -0.106. The average molecular weight is 460 g/mol. The van der Waals surface area contributed by atoms with Crippen LogP contribution in [-0.2, 0) is 36.5 Å². The van der Waals surface area contributed by atoms with E-state index >= 15 is 0 Å². The first-order chi connectivity index (χ1) is 14.9. The Morgan fingerprint density at radius 3 is 2.12 bits per heavy atom. The standard InChI is InChI=1S/C21H18F6N2O3/c22-20(23,24)16-6-12(7-17(10-16)21(25,26)27)8-18(30)29-5-1-2-13-9-14(19(31)28-32)3-4-15(13)11-29/h3-4,6-7,9-10,32H,1-2,5,8,11H2,(H,28,31). The van der Waals surface area contributed by atoms with Crippen LogP contribution < -0.4 is 5.48 Å². The monoisotopic (exact) mass is 460 g/mol. The molecule has 0 radical (unpaired) electrons. The molecule has 3 rings (SSSR count). The van der Waals surface area contributed by atoms with Gasteiger partial charge in [0.1, 0.15) is 0 Å². The van der Waals surface area contributed by atoms with Gasteiger partial charge in [-0.25, -0.2) is 5.48 Å². The summed E-state index contributed by atoms with van der Waals surface area (Å²) in [5, 5.41) is 8.75. The van der Waals surface area contributed by atoms with Gasteiger partial charge in [-0.15, -0.1) is 0 Å². The number of alkyl halides is 6. The number of aryl methyl sites for hydroxylation is 1. The Hall–Kier alpha value is -3.08. The van der Waals surface area contributed by atoms with Crippen LogP contribution in [0.3, 0.4) is 0 Å². The number of benzene rings is 2. The fourth-order valence-electron chi connectivity index (χ4n) is 3.58. The molecule has 172 valence electrons. The van der Waals surface area contributed by atoms with Gasteiger partial charge in [0.25, 0.3) is 5.91 Å². The van der Waals surface area contributed by atoms with E-state index in [0.29, 0.717) is 30.5 Å². The molecule has 11 heteroatoms. The van der Waals surface area contributed by atoms with E-state index in [9.17, 15) is 35.9 Å². The number of amides is 2. The Bertz CT molecular complexity index is 1000. The molecule has 0 bridgehead atoms. The topological polar surface area (TPSA) is 69.6 Å². The number of carbonyl (C=O) groups is 2. The van der Waals surface area contributed by atoms with Gasteiger partial charge in [-0.3, -0.25) is 14.8 Å². The van der Waals surface area contributed by atoms with E-state index in [1.807, 2.05) is 0 Å². The van der Waals surface area contributed by atoms with Crippen molar-refractivity contribution in [3.05, 3.63) is 69.8 Å². The van der Waals surface area contributed by atoms with E-state index in [-0.39, 0.29) is 30.3 Å². The summed E-state index contributed by atoms with van der Waals surface area (Å²) >= 11 is 0. The second-order valence-corrected chi connectivity index (χ2v) is 7.43. The minimum atomic E-state index is -4.99. The molecule has 0 aliphatic carbocycles. The summed E-state index contributed by atoms with van der Waals surface area (Å²) in [6, 6.07) is 5.74. The Balaban J connectivity index is 1.83. The maximum Gasteiger partial charge on any atom is 0.416 e. The molecule has 5 nitrogen and oxygen atoms in total. The van der Waals surface area contributed by atoms with Gasteiger partial charge in [-0.05, 0) is 59.9 Å². The highest BCUT2D eigenvalue weighted by Gasteiger charge is 2.37. The van der Waals surface area contributed by atoms with Crippen molar-refractivity contribution < 1.29 is 41.1 Å². The van der Waals surface area contributed by atoms with Crippen molar-refractivity contribution in [2.24, 2.45) is 0 Å². The smallest absolute Gasteiger partial charge is 0.338 e. The van der Waals surface area contributed by atoms with Crippen molar-refractivity contribution in [2.45, 2.75) is 38.2 Å². The number of halogens is 6. The third kappa shape index (κ3) is 5.39. The minimum absolute atomic E-state index is 0.0241. The summed E-state index contributed by atoms with van der Waals surface area (Å²) < 4.78 is 78.3. The van der Waals surface area contributed by atoms with Gasteiger partial charge in [0.15, 0.2) is 0 Å². The fourth-order valence-corrected chi connectivity index (χ4v) is 3.58. The van der Waals surface area contributed by atoms with E-state index in [1.54, 1.807) is 12.1 Å². The number of hydroxylamine groups is 1. The molecular weight excluding hydrogens is 442 g/mol. The molecule has 0 saturated heterocycles. The molecule has 2 amide bonds. The van der Waals surface area contributed by atoms with Crippen molar-refractivity contribution in [1.29, 1.82) is 0 Å². The number of nitrogens with zero attached hydrogens (tertiary/aromatic N) is 1. The Morgan fingerprint density at radius 2 is 1.56 bits per heavy atom. The highest BCUT2D eigenvalue weighted by Crippen LogP contribution is 2.36. The molecular formula is C21H18F6N2O3. The summed E-state index contributed by atoms with van der Waals surface area (Å²) in [7, 11) is 0. The van der Waals surface area contributed by atoms with Gasteiger partial charge in [0.05, 0.1) is 17.5 Å². The van der Waals surface area contributed by atoms with Crippen molar-refractivity contribution >= 4 is 11.8 Å². The lowest BCUT2D eigenvalue weighted by molar-refractivity contribution is -0.143. The van der Waals surface area contributed by atoms with Gasteiger partial charge in [0.2, 0.25) is 5.91 Å². The number of carbonyl (C=O) groups excluding carboxylic acids is 2. The summed E-state index contributed by atoms with van der Waals surface area (Å²) in [6.07, 6.45) is -9.60. The van der Waals surface area contributed by atoms with Crippen LogP contribution in [0, 0.1) is 0 Å². The van der Waals surface area contributed by atoms with Gasteiger partial charge < -0.3 is 4.90 Å². The zero-order valence-corrected chi connectivity index (χ0v) is 16.5. The first-order valence-electron chi connectivity index (χ1n) is 9.51. The van der Waals surface area contributed by atoms with Crippen molar-refractivity contribution in [1.82, 2.24) is 10.4 Å². The van der Waals surface area contributed by atoms with Gasteiger partial charge >= 0.3 is 12.4 Å². The summed E-state index contributed by atoms with van der Waals surface area (Å²) in [4.78, 5) is 25.7. The van der Waals surface area contributed by atoms with Crippen molar-refractivity contribution in [3.63, 3.8) is 0 Å². The number of hydrogen-bond acceptors (Lipinski definition) is 3. The molecule has 2 N–H and O–H groups in total. The molecule has 1 aliphatic heterocycles. The highest BCUT2D eigenvalue weighted by molar-refractivity contribution is 5.93. The van der Waals surface area contributed by atoms with Gasteiger partial charge in [-0.2, -0.15) is 26.3 Å². The molecule has 0 aromatic heterocycles. The number of rotatable bonds is 3. The van der Waals surface area contributed by atoms with Crippen LogP contribution >= 0.6 is 0 Å². The predicted molar refractivity (Wildman–Crippen MR) is 99.6 cm³/mol. The lowest BCUT2D eigenvalue weighted by atomic mass is 10.0. The van der Waals surface area contributed by atoms with Crippen LogP contribution in [0.4, 0.5) is 26.3 Å². The predicted octanol–water partition coefficient (Wildman–Crippen LogP) is 4.36. The number of hydrogen-bond donors (Lipinski definition) is 2. The van der Waals surface area contributed by atoms with E-state index in [0.717, 1.165) is 5.56 Å². The number of nitrogens with one attached hydrogen (secondary N) is 1. The number of fused-ring (bicyclic) bond motifs is 1. The summed E-state index contributed by atoms with van der Waals surface area (Å²) in [6.45, 7) is 0.348. The van der Waals surface area contributed by atoms with Crippen LogP contribution in [0.15, 0.2) is 36.4 Å². The van der Waals surface area contributed by atoms with Crippen LogP contribution in [-0.4, -0.2) is 28.5 Å². The molecule has 1 aliphatic rings.